The Morgan fingerprint density at radius 2 is 1.79 bits per heavy atom. The highest BCUT2D eigenvalue weighted by molar-refractivity contribution is 6.32. The maximum atomic E-state index is 17.7. The van der Waals surface area contributed by atoms with E-state index >= 15 is 8.78 Å². The van der Waals surface area contributed by atoms with Gasteiger partial charge >= 0.3 is 11.9 Å². The summed E-state index contributed by atoms with van der Waals surface area (Å²) < 4.78 is 50.7. The number of fused-ring (bicyclic) bond motifs is 5. The van der Waals surface area contributed by atoms with Crippen LogP contribution in [0.5, 0.6) is 17.2 Å². The zero-order valence-corrected chi connectivity index (χ0v) is 27.2. The molecule has 6 rings (SSSR count). The normalized spacial score (nSPS) is 36.5. The first-order valence-corrected chi connectivity index (χ1v) is 16.0. The van der Waals surface area contributed by atoms with E-state index in [1.165, 1.54) is 55.5 Å². The smallest absolute Gasteiger partial charge is 0.352 e. The molecular formula is C36H34ClF2NO8. The minimum Gasteiger partial charge on any atom is -0.506 e. The zero-order valence-electron chi connectivity index (χ0n) is 26.4. The van der Waals surface area contributed by atoms with Crippen molar-refractivity contribution in [1.82, 2.24) is 0 Å². The number of allylic oxidation sites excluding steroid dienone is 4. The van der Waals surface area contributed by atoms with E-state index in [9.17, 15) is 29.9 Å². The highest BCUT2D eigenvalue weighted by Crippen LogP contribution is 2.71. The number of nitriles is 1. The number of carbonyl (C=O) groups excluding carboxylic acids is 3. The monoisotopic (exact) mass is 681 g/mol. The number of hydrogen-bond acceptors (Lipinski definition) is 9. The summed E-state index contributed by atoms with van der Waals surface area (Å²) in [5.74, 6) is -4.66. The van der Waals surface area contributed by atoms with Crippen LogP contribution in [-0.4, -0.2) is 58.1 Å². The van der Waals surface area contributed by atoms with Crippen molar-refractivity contribution in [2.24, 2.45) is 28.6 Å². The number of carbonyl (C=O) groups is 3. The Balaban J connectivity index is 1.35. The van der Waals surface area contributed by atoms with Gasteiger partial charge in [-0.2, -0.15) is 5.26 Å². The summed E-state index contributed by atoms with van der Waals surface area (Å²) in [6.07, 6.45) is -0.425. The number of phenols is 1. The summed E-state index contributed by atoms with van der Waals surface area (Å²) in [6, 6.07) is 11.8. The summed E-state index contributed by atoms with van der Waals surface area (Å²) in [5.41, 5.74) is -7.57. The summed E-state index contributed by atoms with van der Waals surface area (Å²) >= 11 is 5.86. The number of ketones is 1. The molecule has 1 unspecified atom stereocenters. The molecule has 48 heavy (non-hydrogen) atoms. The van der Waals surface area contributed by atoms with Gasteiger partial charge in [-0.1, -0.05) is 31.5 Å². The molecule has 0 heterocycles. The molecule has 0 spiro atoms. The van der Waals surface area contributed by atoms with Crippen LogP contribution in [0.3, 0.4) is 0 Å². The fourth-order valence-electron chi connectivity index (χ4n) is 8.98. The molecule has 4 aliphatic rings. The lowest BCUT2D eigenvalue weighted by Gasteiger charge is -2.63. The Hall–Kier alpha value is -4.27. The van der Waals surface area contributed by atoms with E-state index in [2.05, 4.69) is 0 Å². The van der Waals surface area contributed by atoms with Crippen molar-refractivity contribution in [3.63, 3.8) is 0 Å². The number of esters is 2. The molecule has 252 valence electrons. The van der Waals surface area contributed by atoms with Gasteiger partial charge in [0.2, 0.25) is 5.60 Å². The van der Waals surface area contributed by atoms with Crippen LogP contribution in [0.25, 0.3) is 0 Å². The van der Waals surface area contributed by atoms with Crippen molar-refractivity contribution in [3.05, 3.63) is 76.9 Å². The second kappa shape index (κ2) is 11.7. The van der Waals surface area contributed by atoms with Crippen LogP contribution in [-0.2, 0) is 19.1 Å². The Labute approximate surface area is 280 Å². The third-order valence-corrected chi connectivity index (χ3v) is 11.6. The van der Waals surface area contributed by atoms with E-state index in [4.69, 9.17) is 25.8 Å². The number of ether oxygens (including phenoxy) is 3. The van der Waals surface area contributed by atoms with Gasteiger partial charge in [0.05, 0.1) is 16.7 Å². The van der Waals surface area contributed by atoms with E-state index in [-0.39, 0.29) is 46.9 Å². The van der Waals surface area contributed by atoms with Crippen molar-refractivity contribution in [2.75, 3.05) is 6.61 Å². The first kappa shape index (κ1) is 33.6. The Bertz CT molecular complexity index is 1790. The van der Waals surface area contributed by atoms with Crippen molar-refractivity contribution in [3.8, 4) is 23.3 Å². The van der Waals surface area contributed by atoms with Crippen LogP contribution in [0.15, 0.2) is 66.3 Å². The Morgan fingerprint density at radius 1 is 1.10 bits per heavy atom. The predicted octanol–water partition coefficient (Wildman–Crippen LogP) is 6.37. The number of benzene rings is 2. The number of alkyl halides is 2. The first-order chi connectivity index (χ1) is 22.6. The van der Waals surface area contributed by atoms with Gasteiger partial charge in [0, 0.05) is 28.7 Å². The molecule has 2 aromatic rings. The average Bonchev–Trinajstić information content (AvgIpc) is 3.26. The third kappa shape index (κ3) is 4.75. The number of phenolic OH excluding ortho intramolecular Hbond substituents is 1. The van der Waals surface area contributed by atoms with Crippen LogP contribution in [0.4, 0.5) is 8.78 Å². The molecule has 0 amide bonds. The average molecular weight is 682 g/mol. The van der Waals surface area contributed by atoms with E-state index in [0.29, 0.717) is 5.75 Å². The molecule has 2 aromatic carbocycles. The zero-order chi connectivity index (χ0) is 34.8. The van der Waals surface area contributed by atoms with Gasteiger partial charge in [0.25, 0.3) is 0 Å². The number of halogens is 3. The minimum atomic E-state index is -2.41. The van der Waals surface area contributed by atoms with Gasteiger partial charge < -0.3 is 24.4 Å². The standard InChI is InChI=1S/C36H34ClF2NO8/c1-19-14-24-25-17-28(38)26-15-21(41)10-11-33(26,2)35(25,39)30(43)18-34(24,3)36(19,32(45)46-13-12-40)48-31(44)20-4-6-22(7-5-20)47-23-8-9-27(37)29(42)16-23/h4-11,15-16,19,24-25,28,30,42-43H,13-14,17-18H2,1-3H3/t19-,24+,25+,28+,30+,33+,34+,35?,36-/m1/s1. The van der Waals surface area contributed by atoms with E-state index in [0.717, 1.165) is 6.08 Å². The lowest BCUT2D eigenvalue weighted by atomic mass is 9.44. The highest BCUT2D eigenvalue weighted by Gasteiger charge is 2.78. The molecule has 9 nitrogen and oxygen atoms in total. The van der Waals surface area contributed by atoms with Crippen molar-refractivity contribution >= 4 is 29.3 Å². The van der Waals surface area contributed by atoms with E-state index in [1.54, 1.807) is 26.0 Å². The molecule has 0 bridgehead atoms. The van der Waals surface area contributed by atoms with Gasteiger partial charge in [-0.25, -0.2) is 18.4 Å². The molecule has 3 saturated carbocycles. The molecule has 2 N–H and O–H groups in total. The van der Waals surface area contributed by atoms with Crippen LogP contribution < -0.4 is 4.74 Å². The summed E-state index contributed by atoms with van der Waals surface area (Å²) in [5, 5.41) is 30.9. The van der Waals surface area contributed by atoms with E-state index in [1.807, 2.05) is 0 Å². The summed E-state index contributed by atoms with van der Waals surface area (Å²) in [4.78, 5) is 40.0. The number of aliphatic hydroxyl groups is 1. The van der Waals surface area contributed by atoms with Crippen molar-refractivity contribution in [2.45, 2.75) is 63.6 Å². The number of rotatable bonds is 6. The molecule has 12 heteroatoms. The van der Waals surface area contributed by atoms with Gasteiger partial charge in [-0.05, 0) is 86.2 Å². The molecule has 9 atom stereocenters. The van der Waals surface area contributed by atoms with Crippen LogP contribution in [0, 0.1) is 39.9 Å². The lowest BCUT2D eigenvalue weighted by Crippen LogP contribution is -2.71. The quantitative estimate of drug-likeness (QED) is 0.333. The fraction of sp³-hybridized carbons (Fsp3) is 0.444. The van der Waals surface area contributed by atoms with E-state index < -0.39 is 76.5 Å². The summed E-state index contributed by atoms with van der Waals surface area (Å²) in [6.45, 7) is 4.10. The fourth-order valence-corrected chi connectivity index (χ4v) is 9.10. The van der Waals surface area contributed by atoms with Crippen molar-refractivity contribution in [1.29, 1.82) is 5.26 Å². The molecule has 0 saturated heterocycles. The van der Waals surface area contributed by atoms with Gasteiger partial charge in [-0.3, -0.25) is 4.79 Å². The lowest BCUT2D eigenvalue weighted by molar-refractivity contribution is -0.230. The highest BCUT2D eigenvalue weighted by atomic mass is 35.5. The molecule has 0 aliphatic heterocycles. The second-order valence-corrected chi connectivity index (χ2v) is 14.0. The van der Waals surface area contributed by atoms with Crippen LogP contribution in [0.2, 0.25) is 5.02 Å². The van der Waals surface area contributed by atoms with Crippen LogP contribution in [0.1, 0.15) is 50.4 Å². The largest absolute Gasteiger partial charge is 0.506 e. The molecule has 0 aromatic heterocycles. The number of hydrogen-bond donors (Lipinski definition) is 2. The number of nitrogens with zero attached hydrogens (tertiary/aromatic N) is 1. The van der Waals surface area contributed by atoms with Crippen molar-refractivity contribution < 1.29 is 47.6 Å². The van der Waals surface area contributed by atoms with Crippen LogP contribution >= 0.6 is 11.6 Å². The molecular weight excluding hydrogens is 648 g/mol. The SMILES string of the molecule is C[C@@H]1C[C@H]2[C@@H]3C[C@H](F)C4=CC(=O)C=C[C@]4(C)C3(F)[C@@H](O)C[C@]2(C)[C@]1(OC(=O)c1ccc(Oc2ccc(Cl)c(O)c2)cc1)C(=O)OCC#N. The minimum absolute atomic E-state index is 0.0324. The number of aromatic hydroxyl groups is 1. The molecule has 4 aliphatic carbocycles. The first-order valence-electron chi connectivity index (χ1n) is 15.6. The third-order valence-electron chi connectivity index (χ3n) is 11.2. The van der Waals surface area contributed by atoms with Gasteiger partial charge in [0.15, 0.2) is 18.1 Å². The number of aliphatic hydroxyl groups excluding tert-OH is 1. The predicted molar refractivity (Wildman–Crippen MR) is 168 cm³/mol. The summed E-state index contributed by atoms with van der Waals surface area (Å²) in [7, 11) is 0. The second-order valence-electron chi connectivity index (χ2n) is 13.6. The topological polar surface area (TPSA) is 143 Å². The Kier molecular flexibility index (Phi) is 8.20. The maximum absolute atomic E-state index is 17.7. The Morgan fingerprint density at radius 3 is 2.46 bits per heavy atom. The maximum Gasteiger partial charge on any atom is 0.352 e. The molecule has 0 radical (unpaired) electrons. The molecule has 3 fully saturated rings. The van der Waals surface area contributed by atoms with Gasteiger partial charge in [0.1, 0.15) is 29.5 Å². The van der Waals surface area contributed by atoms with Gasteiger partial charge in [-0.15, -0.1) is 0 Å².